The molecule has 0 unspecified atom stereocenters. The minimum absolute atomic E-state index is 0. The van der Waals surface area contributed by atoms with Gasteiger partial charge in [0.2, 0.25) is 5.91 Å². The summed E-state index contributed by atoms with van der Waals surface area (Å²) in [6, 6.07) is 8.17. The third-order valence-corrected chi connectivity index (χ3v) is 3.54. The van der Waals surface area contributed by atoms with Crippen LogP contribution in [0.5, 0.6) is 0 Å². The molecule has 1 aromatic rings. The number of nitrogens with zero attached hydrogens (tertiary/aromatic N) is 1. The number of amides is 1. The molecule has 0 saturated heterocycles. The first-order chi connectivity index (χ1) is 10.7. The van der Waals surface area contributed by atoms with Crippen LogP contribution in [0, 0.1) is 0 Å². The third kappa shape index (κ3) is 8.41. The molecule has 3 N–H and O–H groups in total. The zero-order valence-corrected chi connectivity index (χ0v) is 16.4. The van der Waals surface area contributed by atoms with E-state index in [4.69, 9.17) is 11.6 Å². The minimum Gasteiger partial charge on any atom is -0.357 e. The SMILES string of the molecule is CCNC(=NCC(=O)NC1CC1)NCCc1ccc(Cl)cc1.I. The fourth-order valence-electron chi connectivity index (χ4n) is 1.97. The van der Waals surface area contributed by atoms with Crippen molar-refractivity contribution in [1.29, 1.82) is 0 Å². The molecular weight excluding hydrogens is 427 g/mol. The molecule has 1 aliphatic carbocycles. The predicted molar refractivity (Wildman–Crippen MR) is 106 cm³/mol. The van der Waals surface area contributed by atoms with Gasteiger partial charge in [-0.25, -0.2) is 4.99 Å². The van der Waals surface area contributed by atoms with E-state index in [1.54, 1.807) is 0 Å². The Hall–Kier alpha value is -1.02. The van der Waals surface area contributed by atoms with Crippen LogP contribution in [0.3, 0.4) is 0 Å². The highest BCUT2D eigenvalue weighted by Gasteiger charge is 2.22. The first kappa shape index (κ1) is 20.0. The van der Waals surface area contributed by atoms with Crippen molar-refractivity contribution in [2.75, 3.05) is 19.6 Å². The Bertz CT molecular complexity index is 517. The lowest BCUT2D eigenvalue weighted by Crippen LogP contribution is -2.39. The number of benzene rings is 1. The summed E-state index contributed by atoms with van der Waals surface area (Å²) in [4.78, 5) is 15.9. The quantitative estimate of drug-likeness (QED) is 0.339. The summed E-state index contributed by atoms with van der Waals surface area (Å²) in [6.07, 6.45) is 3.06. The largest absolute Gasteiger partial charge is 0.357 e. The molecule has 0 bridgehead atoms. The van der Waals surface area contributed by atoms with Crippen molar-refractivity contribution in [2.24, 2.45) is 4.99 Å². The fraction of sp³-hybridized carbons (Fsp3) is 0.500. The van der Waals surface area contributed by atoms with Gasteiger partial charge in [-0.2, -0.15) is 0 Å². The van der Waals surface area contributed by atoms with Gasteiger partial charge in [-0.1, -0.05) is 23.7 Å². The molecule has 5 nitrogen and oxygen atoms in total. The maximum Gasteiger partial charge on any atom is 0.242 e. The van der Waals surface area contributed by atoms with Crippen molar-refractivity contribution in [1.82, 2.24) is 16.0 Å². The van der Waals surface area contributed by atoms with Crippen molar-refractivity contribution < 1.29 is 4.79 Å². The number of aliphatic imine (C=N–C) groups is 1. The van der Waals surface area contributed by atoms with Gasteiger partial charge in [0.15, 0.2) is 5.96 Å². The van der Waals surface area contributed by atoms with Crippen LogP contribution in [-0.4, -0.2) is 37.5 Å². The summed E-state index contributed by atoms with van der Waals surface area (Å²) >= 11 is 5.87. The molecular formula is C16H24ClIN4O. The van der Waals surface area contributed by atoms with Crippen LogP contribution in [0.25, 0.3) is 0 Å². The maximum absolute atomic E-state index is 11.6. The molecule has 7 heteroatoms. The molecule has 1 aliphatic rings. The number of carbonyl (C=O) groups is 1. The number of guanidine groups is 1. The van der Waals surface area contributed by atoms with Gasteiger partial charge in [-0.3, -0.25) is 4.79 Å². The van der Waals surface area contributed by atoms with E-state index in [2.05, 4.69) is 20.9 Å². The smallest absolute Gasteiger partial charge is 0.242 e. The summed E-state index contributed by atoms with van der Waals surface area (Å²) in [5.41, 5.74) is 1.21. The molecule has 1 amide bonds. The number of halogens is 2. The standard InChI is InChI=1S/C16H23ClN4O.HI/c1-2-18-16(20-11-15(22)21-14-7-8-14)19-10-9-12-3-5-13(17)6-4-12;/h3-6,14H,2,7-11H2,1H3,(H,21,22)(H2,18,19,20);1H. The number of carbonyl (C=O) groups excluding carboxylic acids is 1. The van der Waals surface area contributed by atoms with Crippen LogP contribution in [0.2, 0.25) is 5.02 Å². The zero-order valence-electron chi connectivity index (χ0n) is 13.3. The first-order valence-electron chi connectivity index (χ1n) is 7.73. The summed E-state index contributed by atoms with van der Waals surface area (Å²) in [5.74, 6) is 0.653. The van der Waals surface area contributed by atoms with Gasteiger partial charge in [-0.15, -0.1) is 24.0 Å². The van der Waals surface area contributed by atoms with Gasteiger partial charge in [-0.05, 0) is 43.9 Å². The van der Waals surface area contributed by atoms with Gasteiger partial charge in [0.25, 0.3) is 0 Å². The highest BCUT2D eigenvalue weighted by atomic mass is 127. The van der Waals surface area contributed by atoms with E-state index in [1.165, 1.54) is 5.56 Å². The summed E-state index contributed by atoms with van der Waals surface area (Å²) in [7, 11) is 0. The summed E-state index contributed by atoms with van der Waals surface area (Å²) < 4.78 is 0. The van der Waals surface area contributed by atoms with E-state index < -0.39 is 0 Å². The lowest BCUT2D eigenvalue weighted by Gasteiger charge is -2.11. The van der Waals surface area contributed by atoms with Crippen LogP contribution < -0.4 is 16.0 Å². The lowest BCUT2D eigenvalue weighted by atomic mass is 10.1. The highest BCUT2D eigenvalue weighted by Crippen LogP contribution is 2.18. The molecule has 0 atom stereocenters. The van der Waals surface area contributed by atoms with E-state index >= 15 is 0 Å². The average Bonchev–Trinajstić information content (AvgIpc) is 3.31. The molecule has 23 heavy (non-hydrogen) atoms. The Morgan fingerprint density at radius 2 is 1.96 bits per heavy atom. The van der Waals surface area contributed by atoms with Crippen LogP contribution in [0.4, 0.5) is 0 Å². The molecule has 0 radical (unpaired) electrons. The molecule has 2 rings (SSSR count). The van der Waals surface area contributed by atoms with E-state index in [-0.39, 0.29) is 36.4 Å². The number of hydrogen-bond acceptors (Lipinski definition) is 2. The second-order valence-electron chi connectivity index (χ2n) is 5.34. The molecule has 1 aromatic carbocycles. The third-order valence-electron chi connectivity index (χ3n) is 3.29. The van der Waals surface area contributed by atoms with Gasteiger partial charge in [0.05, 0.1) is 0 Å². The van der Waals surface area contributed by atoms with Gasteiger partial charge in [0.1, 0.15) is 6.54 Å². The molecule has 1 saturated carbocycles. The first-order valence-corrected chi connectivity index (χ1v) is 8.11. The van der Waals surface area contributed by atoms with Gasteiger partial charge >= 0.3 is 0 Å². The highest BCUT2D eigenvalue weighted by molar-refractivity contribution is 14.0. The van der Waals surface area contributed by atoms with Gasteiger partial charge < -0.3 is 16.0 Å². The van der Waals surface area contributed by atoms with Crippen molar-refractivity contribution in [3.63, 3.8) is 0 Å². The topological polar surface area (TPSA) is 65.5 Å². The Kier molecular flexibility index (Phi) is 9.31. The van der Waals surface area contributed by atoms with Crippen LogP contribution in [-0.2, 0) is 11.2 Å². The average molecular weight is 451 g/mol. The molecule has 0 aromatic heterocycles. The number of nitrogens with one attached hydrogen (secondary N) is 3. The van der Waals surface area contributed by atoms with Crippen molar-refractivity contribution in [3.8, 4) is 0 Å². The summed E-state index contributed by atoms with van der Waals surface area (Å²) in [6.45, 7) is 3.67. The minimum atomic E-state index is -0.0163. The second-order valence-corrected chi connectivity index (χ2v) is 5.78. The van der Waals surface area contributed by atoms with E-state index in [1.807, 2.05) is 31.2 Å². The zero-order chi connectivity index (χ0) is 15.8. The van der Waals surface area contributed by atoms with Crippen molar-refractivity contribution in [2.45, 2.75) is 32.2 Å². The molecule has 1 fully saturated rings. The molecule has 0 heterocycles. The second kappa shape index (κ2) is 10.7. The fourth-order valence-corrected chi connectivity index (χ4v) is 2.10. The predicted octanol–water partition coefficient (Wildman–Crippen LogP) is 2.33. The van der Waals surface area contributed by atoms with E-state index in [0.29, 0.717) is 12.0 Å². The van der Waals surface area contributed by atoms with E-state index in [0.717, 1.165) is 37.4 Å². The number of rotatable bonds is 7. The Morgan fingerprint density at radius 3 is 2.57 bits per heavy atom. The van der Waals surface area contributed by atoms with Crippen molar-refractivity contribution >= 4 is 47.4 Å². The Balaban J connectivity index is 0.00000264. The summed E-state index contributed by atoms with van der Waals surface area (Å²) in [5, 5.41) is 10.0. The normalized spacial score (nSPS) is 13.9. The van der Waals surface area contributed by atoms with Gasteiger partial charge in [0, 0.05) is 24.2 Å². The lowest BCUT2D eigenvalue weighted by molar-refractivity contribution is -0.119. The van der Waals surface area contributed by atoms with Crippen LogP contribution in [0.1, 0.15) is 25.3 Å². The van der Waals surface area contributed by atoms with Crippen LogP contribution in [0.15, 0.2) is 29.3 Å². The molecule has 128 valence electrons. The Morgan fingerprint density at radius 1 is 1.26 bits per heavy atom. The maximum atomic E-state index is 11.6. The Labute approximate surface area is 159 Å². The molecule has 0 aliphatic heterocycles. The van der Waals surface area contributed by atoms with E-state index in [9.17, 15) is 4.79 Å². The van der Waals surface area contributed by atoms with Crippen LogP contribution >= 0.6 is 35.6 Å². The monoisotopic (exact) mass is 450 g/mol. The molecule has 0 spiro atoms. The van der Waals surface area contributed by atoms with Crippen molar-refractivity contribution in [3.05, 3.63) is 34.9 Å². The number of hydrogen-bond donors (Lipinski definition) is 3.